The maximum atomic E-state index is 5.39. The monoisotopic (exact) mass is 418 g/mol. The number of nitrogens with one attached hydrogen (secondary N) is 1. The molecule has 23 heavy (non-hydrogen) atoms. The van der Waals surface area contributed by atoms with Crippen molar-refractivity contribution in [3.63, 3.8) is 0 Å². The Balaban J connectivity index is 0.00000192. The van der Waals surface area contributed by atoms with E-state index in [-0.39, 0.29) is 18.4 Å². The van der Waals surface area contributed by atoms with Crippen LogP contribution in [0.15, 0.2) is 38.2 Å². The van der Waals surface area contributed by atoms with Gasteiger partial charge in [0.2, 0.25) is 5.89 Å². The Hall–Kier alpha value is -0.600. The molecule has 0 bridgehead atoms. The van der Waals surface area contributed by atoms with Gasteiger partial charge in [-0.15, -0.1) is 24.2 Å². The van der Waals surface area contributed by atoms with E-state index in [1.165, 1.54) is 4.90 Å². The summed E-state index contributed by atoms with van der Waals surface area (Å²) in [6.45, 7) is 2.90. The minimum atomic E-state index is 0. The molecular formula is C15H20BrClN4OS. The van der Waals surface area contributed by atoms with E-state index in [9.17, 15) is 0 Å². The smallest absolute Gasteiger partial charge is 0.227 e. The summed E-state index contributed by atoms with van der Waals surface area (Å²) < 4.78 is 6.52. The minimum absolute atomic E-state index is 0. The fourth-order valence-corrected chi connectivity index (χ4v) is 3.91. The van der Waals surface area contributed by atoms with Gasteiger partial charge in [0.15, 0.2) is 5.82 Å². The van der Waals surface area contributed by atoms with Gasteiger partial charge in [0.25, 0.3) is 0 Å². The quantitative estimate of drug-likeness (QED) is 0.751. The standard InChI is InChI=1S/C15H19BrN4OS.ClH/c1-20-8-7-17-10-12(20)15-18-14(21-19-15)6-9-22-13-5-3-2-4-11(13)16;/h2-5,12,17H,6-10H2,1H3;1H. The van der Waals surface area contributed by atoms with E-state index in [1.807, 2.05) is 12.1 Å². The molecule has 1 aliphatic rings. The number of benzene rings is 1. The lowest BCUT2D eigenvalue weighted by Gasteiger charge is -2.30. The van der Waals surface area contributed by atoms with Gasteiger partial charge in [-0.1, -0.05) is 17.3 Å². The zero-order valence-corrected chi connectivity index (χ0v) is 16.1. The lowest BCUT2D eigenvalue weighted by Crippen LogP contribution is -2.44. The number of nitrogens with zero attached hydrogens (tertiary/aromatic N) is 3. The van der Waals surface area contributed by atoms with Gasteiger partial charge in [-0.3, -0.25) is 4.90 Å². The second kappa shape index (κ2) is 9.03. The maximum Gasteiger partial charge on any atom is 0.227 e. The molecule has 3 rings (SSSR count). The van der Waals surface area contributed by atoms with Crippen LogP contribution in [0.5, 0.6) is 0 Å². The minimum Gasteiger partial charge on any atom is -0.339 e. The Morgan fingerprint density at radius 1 is 1.43 bits per heavy atom. The summed E-state index contributed by atoms with van der Waals surface area (Å²) in [7, 11) is 2.10. The van der Waals surface area contributed by atoms with Crippen molar-refractivity contribution < 1.29 is 4.52 Å². The molecule has 2 aromatic rings. The van der Waals surface area contributed by atoms with Gasteiger partial charge in [-0.2, -0.15) is 4.98 Å². The fourth-order valence-electron chi connectivity index (χ4n) is 2.41. The van der Waals surface area contributed by atoms with Crippen LogP contribution in [0.25, 0.3) is 0 Å². The molecule has 0 amide bonds. The number of halogens is 2. The van der Waals surface area contributed by atoms with Gasteiger partial charge in [0, 0.05) is 41.2 Å². The summed E-state index contributed by atoms with van der Waals surface area (Å²) in [6.07, 6.45) is 0.781. The highest BCUT2D eigenvalue weighted by atomic mass is 79.9. The Kier molecular flexibility index (Phi) is 7.36. The highest BCUT2D eigenvalue weighted by Gasteiger charge is 2.25. The predicted molar refractivity (Wildman–Crippen MR) is 98.4 cm³/mol. The van der Waals surface area contributed by atoms with Crippen LogP contribution in [0.1, 0.15) is 17.8 Å². The number of aryl methyl sites for hydroxylation is 1. The van der Waals surface area contributed by atoms with Crippen LogP contribution >= 0.6 is 40.1 Å². The van der Waals surface area contributed by atoms with Crippen molar-refractivity contribution in [1.82, 2.24) is 20.4 Å². The van der Waals surface area contributed by atoms with Crippen LogP contribution in [-0.2, 0) is 6.42 Å². The molecule has 1 N–H and O–H groups in total. The van der Waals surface area contributed by atoms with Crippen molar-refractivity contribution >= 4 is 40.1 Å². The lowest BCUT2D eigenvalue weighted by molar-refractivity contribution is 0.190. The molecule has 5 nitrogen and oxygen atoms in total. The van der Waals surface area contributed by atoms with Crippen LogP contribution < -0.4 is 5.32 Å². The van der Waals surface area contributed by atoms with Gasteiger partial charge < -0.3 is 9.84 Å². The van der Waals surface area contributed by atoms with Gasteiger partial charge in [0.05, 0.1) is 6.04 Å². The van der Waals surface area contributed by atoms with Crippen molar-refractivity contribution in [2.24, 2.45) is 0 Å². The summed E-state index contributed by atoms with van der Waals surface area (Å²) in [5, 5.41) is 7.52. The van der Waals surface area contributed by atoms with Gasteiger partial charge >= 0.3 is 0 Å². The number of thioether (sulfide) groups is 1. The van der Waals surface area contributed by atoms with Crippen molar-refractivity contribution in [2.75, 3.05) is 32.4 Å². The number of piperazine rings is 1. The third kappa shape index (κ3) is 4.93. The lowest BCUT2D eigenvalue weighted by atomic mass is 10.2. The summed E-state index contributed by atoms with van der Waals surface area (Å²) >= 11 is 5.35. The molecule has 126 valence electrons. The average Bonchev–Trinajstić information content (AvgIpc) is 2.98. The van der Waals surface area contributed by atoms with Crippen molar-refractivity contribution in [3.8, 4) is 0 Å². The summed E-state index contributed by atoms with van der Waals surface area (Å²) in [6, 6.07) is 8.44. The highest BCUT2D eigenvalue weighted by Crippen LogP contribution is 2.27. The van der Waals surface area contributed by atoms with Crippen LogP contribution in [0.2, 0.25) is 0 Å². The maximum absolute atomic E-state index is 5.39. The fraction of sp³-hybridized carbons (Fsp3) is 0.467. The summed E-state index contributed by atoms with van der Waals surface area (Å²) in [5.41, 5.74) is 0. The predicted octanol–water partition coefficient (Wildman–Crippen LogP) is 3.16. The van der Waals surface area contributed by atoms with Crippen LogP contribution in [0, 0.1) is 0 Å². The van der Waals surface area contributed by atoms with E-state index in [1.54, 1.807) is 11.8 Å². The normalized spacial score (nSPS) is 18.6. The first-order valence-corrected chi connectivity index (χ1v) is 9.12. The Bertz CT molecular complexity index is 627. The van der Waals surface area contributed by atoms with Gasteiger partial charge in [-0.25, -0.2) is 0 Å². The van der Waals surface area contributed by atoms with Crippen molar-refractivity contribution in [3.05, 3.63) is 40.5 Å². The van der Waals surface area contributed by atoms with Gasteiger partial charge in [0.1, 0.15) is 0 Å². The first-order valence-electron chi connectivity index (χ1n) is 7.35. The Morgan fingerprint density at radius 2 is 2.26 bits per heavy atom. The van der Waals surface area contributed by atoms with Crippen molar-refractivity contribution in [2.45, 2.75) is 17.4 Å². The molecule has 1 unspecified atom stereocenters. The molecule has 0 spiro atoms. The molecule has 0 saturated carbocycles. The Morgan fingerprint density at radius 3 is 3.04 bits per heavy atom. The number of likely N-dealkylation sites (N-methyl/N-ethyl adjacent to an activating group) is 1. The molecule has 0 aliphatic carbocycles. The van der Waals surface area contributed by atoms with Crippen LogP contribution in [-0.4, -0.2) is 47.5 Å². The SMILES string of the molecule is CN1CCNCC1c1noc(CCSc2ccccc2Br)n1.Cl. The summed E-state index contributed by atoms with van der Waals surface area (Å²) in [4.78, 5) is 8.05. The number of rotatable bonds is 5. The first-order chi connectivity index (χ1) is 10.7. The van der Waals surface area contributed by atoms with Crippen LogP contribution in [0.4, 0.5) is 0 Å². The molecule has 1 aromatic heterocycles. The largest absolute Gasteiger partial charge is 0.339 e. The highest BCUT2D eigenvalue weighted by molar-refractivity contribution is 9.10. The van der Waals surface area contributed by atoms with Crippen LogP contribution in [0.3, 0.4) is 0 Å². The van der Waals surface area contributed by atoms with Crippen molar-refractivity contribution in [1.29, 1.82) is 0 Å². The topological polar surface area (TPSA) is 54.2 Å². The van der Waals surface area contributed by atoms with E-state index in [4.69, 9.17) is 4.52 Å². The molecule has 2 heterocycles. The third-order valence-electron chi connectivity index (χ3n) is 3.70. The Labute approximate surface area is 155 Å². The number of hydrogen-bond acceptors (Lipinski definition) is 6. The van der Waals surface area contributed by atoms with E-state index in [0.717, 1.165) is 42.1 Å². The van der Waals surface area contributed by atoms with E-state index in [2.05, 4.69) is 55.5 Å². The molecule has 1 saturated heterocycles. The average molecular weight is 420 g/mol. The number of aromatic nitrogens is 2. The summed E-state index contributed by atoms with van der Waals surface area (Å²) in [5.74, 6) is 2.42. The third-order valence-corrected chi connectivity index (χ3v) is 5.73. The van der Waals surface area contributed by atoms with E-state index < -0.39 is 0 Å². The van der Waals surface area contributed by atoms with E-state index >= 15 is 0 Å². The number of hydrogen-bond donors (Lipinski definition) is 1. The molecule has 0 radical (unpaired) electrons. The zero-order chi connectivity index (χ0) is 15.4. The molecule has 1 atom stereocenters. The molecule has 1 fully saturated rings. The molecular weight excluding hydrogens is 400 g/mol. The zero-order valence-electron chi connectivity index (χ0n) is 12.9. The molecule has 8 heteroatoms. The molecule has 1 aromatic carbocycles. The first kappa shape index (κ1) is 18.7. The molecule has 1 aliphatic heterocycles. The van der Waals surface area contributed by atoms with Gasteiger partial charge in [-0.05, 0) is 35.1 Å². The van der Waals surface area contributed by atoms with E-state index in [0.29, 0.717) is 5.89 Å². The second-order valence-electron chi connectivity index (χ2n) is 5.28. The second-order valence-corrected chi connectivity index (χ2v) is 7.27.